The zero-order valence-electron chi connectivity index (χ0n) is 14.9. The van der Waals surface area contributed by atoms with Gasteiger partial charge in [-0.25, -0.2) is 9.37 Å². The predicted molar refractivity (Wildman–Crippen MR) is 100.0 cm³/mol. The van der Waals surface area contributed by atoms with Gasteiger partial charge in [0, 0.05) is 48.9 Å². The molecule has 0 bridgehead atoms. The molecule has 3 heterocycles. The average Bonchev–Trinajstić information content (AvgIpc) is 3.18. The maximum absolute atomic E-state index is 13.4. The van der Waals surface area contributed by atoms with E-state index in [2.05, 4.69) is 21.4 Å². The SMILES string of the molecule is CCN1CCC(c2nccn2-c2ccncc2)C(c2ccc(F)cc2)C1. The number of rotatable bonds is 4. The molecule has 5 heteroatoms. The number of piperidine rings is 1. The third-order valence-electron chi connectivity index (χ3n) is 5.38. The van der Waals surface area contributed by atoms with E-state index in [0.29, 0.717) is 11.8 Å². The molecule has 134 valence electrons. The van der Waals surface area contributed by atoms with Crippen LogP contribution in [0.4, 0.5) is 4.39 Å². The molecule has 1 aliphatic rings. The molecular weight excluding hydrogens is 327 g/mol. The zero-order valence-corrected chi connectivity index (χ0v) is 14.9. The Kier molecular flexibility index (Phi) is 4.80. The van der Waals surface area contributed by atoms with Crippen LogP contribution in [-0.2, 0) is 0 Å². The Bertz CT molecular complexity index is 844. The molecule has 2 atom stereocenters. The number of likely N-dealkylation sites (tertiary alicyclic amines) is 1. The van der Waals surface area contributed by atoms with Crippen molar-refractivity contribution in [2.24, 2.45) is 0 Å². The minimum atomic E-state index is -0.188. The van der Waals surface area contributed by atoms with Crippen LogP contribution >= 0.6 is 0 Å². The summed E-state index contributed by atoms with van der Waals surface area (Å²) in [7, 11) is 0. The molecule has 1 fully saturated rings. The van der Waals surface area contributed by atoms with Crippen molar-refractivity contribution < 1.29 is 4.39 Å². The van der Waals surface area contributed by atoms with Gasteiger partial charge in [-0.1, -0.05) is 19.1 Å². The molecule has 2 aromatic heterocycles. The van der Waals surface area contributed by atoms with E-state index in [0.717, 1.165) is 37.6 Å². The van der Waals surface area contributed by atoms with E-state index in [4.69, 9.17) is 4.98 Å². The molecule has 26 heavy (non-hydrogen) atoms. The fourth-order valence-corrected chi connectivity index (χ4v) is 3.98. The number of imidazole rings is 1. The number of hydrogen-bond donors (Lipinski definition) is 0. The maximum atomic E-state index is 13.4. The summed E-state index contributed by atoms with van der Waals surface area (Å²) in [6.07, 6.45) is 8.52. The third kappa shape index (κ3) is 3.27. The second kappa shape index (κ2) is 7.38. The van der Waals surface area contributed by atoms with Gasteiger partial charge in [-0.15, -0.1) is 0 Å². The van der Waals surface area contributed by atoms with Crippen LogP contribution in [0.25, 0.3) is 5.69 Å². The number of pyridine rings is 1. The van der Waals surface area contributed by atoms with Crippen LogP contribution in [0.5, 0.6) is 0 Å². The molecule has 0 spiro atoms. The van der Waals surface area contributed by atoms with Crippen molar-refractivity contribution in [1.82, 2.24) is 19.4 Å². The quantitative estimate of drug-likeness (QED) is 0.713. The summed E-state index contributed by atoms with van der Waals surface area (Å²) < 4.78 is 15.6. The Labute approximate surface area is 153 Å². The largest absolute Gasteiger partial charge is 0.303 e. The first-order valence-electron chi connectivity index (χ1n) is 9.17. The molecule has 0 radical (unpaired) electrons. The fraction of sp³-hybridized carbons (Fsp3) is 0.333. The zero-order chi connectivity index (χ0) is 17.9. The first-order chi connectivity index (χ1) is 12.8. The molecule has 1 aromatic carbocycles. The Morgan fingerprint density at radius 2 is 1.81 bits per heavy atom. The Hall–Kier alpha value is -2.53. The lowest BCUT2D eigenvalue weighted by atomic mass is 9.80. The molecule has 0 aliphatic carbocycles. The summed E-state index contributed by atoms with van der Waals surface area (Å²) in [6.45, 7) is 5.25. The van der Waals surface area contributed by atoms with Gasteiger partial charge in [0.25, 0.3) is 0 Å². The van der Waals surface area contributed by atoms with Gasteiger partial charge in [-0.2, -0.15) is 0 Å². The van der Waals surface area contributed by atoms with Crippen LogP contribution in [0.3, 0.4) is 0 Å². The van der Waals surface area contributed by atoms with Crippen molar-refractivity contribution in [1.29, 1.82) is 0 Å². The van der Waals surface area contributed by atoms with Gasteiger partial charge < -0.3 is 9.47 Å². The van der Waals surface area contributed by atoms with Crippen molar-refractivity contribution in [3.63, 3.8) is 0 Å². The number of aromatic nitrogens is 3. The number of likely N-dealkylation sites (N-methyl/N-ethyl adjacent to an activating group) is 1. The van der Waals surface area contributed by atoms with E-state index < -0.39 is 0 Å². The first-order valence-corrected chi connectivity index (χ1v) is 9.17. The molecular formula is C21H23FN4. The molecule has 0 amide bonds. The van der Waals surface area contributed by atoms with Gasteiger partial charge in [0.2, 0.25) is 0 Å². The minimum Gasteiger partial charge on any atom is -0.303 e. The predicted octanol–water partition coefficient (Wildman–Crippen LogP) is 4.00. The van der Waals surface area contributed by atoms with Gasteiger partial charge in [0.15, 0.2) is 0 Å². The Balaban J connectivity index is 1.72. The van der Waals surface area contributed by atoms with Crippen LogP contribution in [0.1, 0.15) is 36.6 Å². The maximum Gasteiger partial charge on any atom is 0.123 e. The monoisotopic (exact) mass is 350 g/mol. The highest BCUT2D eigenvalue weighted by Crippen LogP contribution is 2.39. The van der Waals surface area contributed by atoms with Gasteiger partial charge in [0.05, 0.1) is 0 Å². The number of halogens is 1. The molecule has 4 nitrogen and oxygen atoms in total. The minimum absolute atomic E-state index is 0.188. The molecule has 0 N–H and O–H groups in total. The lowest BCUT2D eigenvalue weighted by molar-refractivity contribution is 0.193. The second-order valence-corrected chi connectivity index (χ2v) is 6.81. The summed E-state index contributed by atoms with van der Waals surface area (Å²) in [5, 5.41) is 0. The second-order valence-electron chi connectivity index (χ2n) is 6.81. The van der Waals surface area contributed by atoms with Crippen LogP contribution < -0.4 is 0 Å². The number of benzene rings is 1. The molecule has 4 rings (SSSR count). The van der Waals surface area contributed by atoms with Crippen molar-refractivity contribution >= 4 is 0 Å². The van der Waals surface area contributed by atoms with Crippen LogP contribution in [0.15, 0.2) is 61.2 Å². The van der Waals surface area contributed by atoms with Gasteiger partial charge in [-0.05, 0) is 49.3 Å². The van der Waals surface area contributed by atoms with Crippen molar-refractivity contribution in [3.8, 4) is 5.69 Å². The van der Waals surface area contributed by atoms with E-state index in [1.807, 2.05) is 36.7 Å². The van der Waals surface area contributed by atoms with E-state index in [1.54, 1.807) is 24.5 Å². The van der Waals surface area contributed by atoms with Crippen LogP contribution in [0.2, 0.25) is 0 Å². The first kappa shape index (κ1) is 16.9. The summed E-state index contributed by atoms with van der Waals surface area (Å²) in [6, 6.07) is 11.0. The van der Waals surface area contributed by atoms with E-state index in [9.17, 15) is 4.39 Å². The molecule has 1 saturated heterocycles. The van der Waals surface area contributed by atoms with Crippen molar-refractivity contribution in [2.45, 2.75) is 25.2 Å². The Morgan fingerprint density at radius 1 is 1.04 bits per heavy atom. The highest BCUT2D eigenvalue weighted by molar-refractivity contribution is 5.33. The van der Waals surface area contributed by atoms with E-state index in [-0.39, 0.29) is 5.82 Å². The topological polar surface area (TPSA) is 34.0 Å². The van der Waals surface area contributed by atoms with Crippen molar-refractivity contribution in [2.75, 3.05) is 19.6 Å². The molecule has 0 saturated carbocycles. The Morgan fingerprint density at radius 3 is 2.54 bits per heavy atom. The number of nitrogens with zero attached hydrogens (tertiary/aromatic N) is 4. The summed E-state index contributed by atoms with van der Waals surface area (Å²) in [5.41, 5.74) is 2.25. The normalized spacial score (nSPS) is 21.0. The van der Waals surface area contributed by atoms with Crippen molar-refractivity contribution in [3.05, 3.63) is 78.4 Å². The summed E-state index contributed by atoms with van der Waals surface area (Å²) in [5.74, 6) is 1.48. The van der Waals surface area contributed by atoms with Crippen LogP contribution in [-0.4, -0.2) is 39.1 Å². The lowest BCUT2D eigenvalue weighted by Crippen LogP contribution is -2.38. The molecule has 3 aromatic rings. The van der Waals surface area contributed by atoms with Gasteiger partial charge in [-0.3, -0.25) is 4.98 Å². The highest BCUT2D eigenvalue weighted by Gasteiger charge is 2.33. The molecule has 2 unspecified atom stereocenters. The van der Waals surface area contributed by atoms with Gasteiger partial charge in [0.1, 0.15) is 11.6 Å². The number of hydrogen-bond acceptors (Lipinski definition) is 3. The van der Waals surface area contributed by atoms with Crippen LogP contribution in [0, 0.1) is 5.82 Å². The highest BCUT2D eigenvalue weighted by atomic mass is 19.1. The average molecular weight is 350 g/mol. The van der Waals surface area contributed by atoms with Gasteiger partial charge >= 0.3 is 0 Å². The fourth-order valence-electron chi connectivity index (χ4n) is 3.98. The standard InChI is InChI=1S/C21H23FN4/c1-2-25-13-9-19(20(15-25)16-3-5-17(22)6-4-16)21-24-12-14-26(21)18-7-10-23-11-8-18/h3-8,10-12,14,19-20H,2,9,13,15H2,1H3. The van der Waals surface area contributed by atoms with E-state index >= 15 is 0 Å². The smallest absolute Gasteiger partial charge is 0.123 e. The summed E-state index contributed by atoms with van der Waals surface area (Å²) in [4.78, 5) is 11.3. The third-order valence-corrected chi connectivity index (χ3v) is 5.38. The summed E-state index contributed by atoms with van der Waals surface area (Å²) >= 11 is 0. The lowest BCUT2D eigenvalue weighted by Gasteiger charge is -2.38. The molecule has 1 aliphatic heterocycles. The van der Waals surface area contributed by atoms with E-state index in [1.165, 1.54) is 5.56 Å².